The third kappa shape index (κ3) is 3.97. The quantitative estimate of drug-likeness (QED) is 0.687. The van der Waals surface area contributed by atoms with E-state index in [1.807, 2.05) is 11.8 Å². The SMILES string of the molecule is Cc1cnc(C(=O)N2CCCC(Cc3nc(-c4cnccn4)no3)C2)cn1. The molecule has 4 heterocycles. The molecule has 1 amide bonds. The lowest BCUT2D eigenvalue weighted by Crippen LogP contribution is -2.41. The summed E-state index contributed by atoms with van der Waals surface area (Å²) in [6, 6.07) is 0. The molecule has 1 unspecified atom stereocenters. The van der Waals surface area contributed by atoms with Crippen molar-refractivity contribution in [3.05, 3.63) is 48.3 Å². The highest BCUT2D eigenvalue weighted by Gasteiger charge is 2.27. The van der Waals surface area contributed by atoms with Gasteiger partial charge in [-0.05, 0) is 25.7 Å². The molecule has 0 saturated carbocycles. The highest BCUT2D eigenvalue weighted by molar-refractivity contribution is 5.92. The second-order valence-corrected chi connectivity index (χ2v) is 6.61. The molecule has 0 spiro atoms. The molecule has 0 aliphatic carbocycles. The molecule has 1 saturated heterocycles. The highest BCUT2D eigenvalue weighted by Crippen LogP contribution is 2.22. The lowest BCUT2D eigenvalue weighted by atomic mass is 9.94. The minimum Gasteiger partial charge on any atom is -0.339 e. The molecule has 9 heteroatoms. The van der Waals surface area contributed by atoms with Gasteiger partial charge in [-0.2, -0.15) is 4.98 Å². The molecule has 9 nitrogen and oxygen atoms in total. The van der Waals surface area contributed by atoms with E-state index in [-0.39, 0.29) is 11.8 Å². The highest BCUT2D eigenvalue weighted by atomic mass is 16.5. The molecule has 3 aromatic heterocycles. The zero-order valence-corrected chi connectivity index (χ0v) is 14.9. The van der Waals surface area contributed by atoms with Crippen molar-refractivity contribution in [3.8, 4) is 11.5 Å². The van der Waals surface area contributed by atoms with E-state index < -0.39 is 0 Å². The second kappa shape index (κ2) is 7.56. The average molecular weight is 365 g/mol. The molecule has 0 bridgehead atoms. The number of hydrogen-bond acceptors (Lipinski definition) is 8. The average Bonchev–Trinajstić information content (AvgIpc) is 3.17. The first-order chi connectivity index (χ1) is 13.2. The van der Waals surface area contributed by atoms with E-state index >= 15 is 0 Å². The maximum atomic E-state index is 12.7. The van der Waals surface area contributed by atoms with E-state index in [0.29, 0.717) is 36.1 Å². The topological polar surface area (TPSA) is 111 Å². The summed E-state index contributed by atoms with van der Waals surface area (Å²) in [6.45, 7) is 3.20. The fourth-order valence-corrected chi connectivity index (χ4v) is 3.18. The molecule has 1 fully saturated rings. The van der Waals surface area contributed by atoms with Gasteiger partial charge in [-0.15, -0.1) is 0 Å². The monoisotopic (exact) mass is 365 g/mol. The number of aryl methyl sites for hydroxylation is 1. The molecule has 27 heavy (non-hydrogen) atoms. The third-order valence-electron chi connectivity index (χ3n) is 4.53. The Labute approximate surface area is 155 Å². The van der Waals surface area contributed by atoms with Crippen LogP contribution in [0.1, 0.15) is 34.9 Å². The Morgan fingerprint density at radius 2 is 2.15 bits per heavy atom. The number of nitrogens with zero attached hydrogens (tertiary/aromatic N) is 7. The summed E-state index contributed by atoms with van der Waals surface area (Å²) < 4.78 is 5.36. The minimum absolute atomic E-state index is 0.0852. The fraction of sp³-hybridized carbons (Fsp3) is 0.389. The molecule has 0 radical (unpaired) electrons. The van der Waals surface area contributed by atoms with Crippen LogP contribution in [-0.4, -0.2) is 54.0 Å². The lowest BCUT2D eigenvalue weighted by Gasteiger charge is -2.31. The third-order valence-corrected chi connectivity index (χ3v) is 4.53. The van der Waals surface area contributed by atoms with Gasteiger partial charge in [0.1, 0.15) is 11.4 Å². The molecule has 4 rings (SSSR count). The van der Waals surface area contributed by atoms with E-state index in [0.717, 1.165) is 25.1 Å². The van der Waals surface area contributed by atoms with Crippen molar-refractivity contribution in [3.63, 3.8) is 0 Å². The van der Waals surface area contributed by atoms with Crippen LogP contribution < -0.4 is 0 Å². The van der Waals surface area contributed by atoms with Crippen LogP contribution in [0, 0.1) is 12.8 Å². The molecule has 0 aromatic carbocycles. The molecule has 0 N–H and O–H groups in total. The summed E-state index contributed by atoms with van der Waals surface area (Å²) in [5, 5.41) is 3.97. The number of carbonyl (C=O) groups is 1. The van der Waals surface area contributed by atoms with Crippen molar-refractivity contribution in [2.24, 2.45) is 5.92 Å². The maximum Gasteiger partial charge on any atom is 0.274 e. The van der Waals surface area contributed by atoms with Crippen LogP contribution in [0.15, 0.2) is 35.5 Å². The minimum atomic E-state index is -0.0852. The van der Waals surface area contributed by atoms with Crippen LogP contribution >= 0.6 is 0 Å². The first-order valence-electron chi connectivity index (χ1n) is 8.86. The van der Waals surface area contributed by atoms with Gasteiger partial charge in [0, 0.05) is 38.1 Å². The zero-order chi connectivity index (χ0) is 18.6. The van der Waals surface area contributed by atoms with Gasteiger partial charge >= 0.3 is 0 Å². The molecule has 1 atom stereocenters. The van der Waals surface area contributed by atoms with Gasteiger partial charge in [0.05, 0.1) is 18.1 Å². The van der Waals surface area contributed by atoms with E-state index in [1.165, 1.54) is 6.20 Å². The summed E-state index contributed by atoms with van der Waals surface area (Å²) in [5.74, 6) is 1.15. The van der Waals surface area contributed by atoms with E-state index in [1.54, 1.807) is 24.8 Å². The molecular weight excluding hydrogens is 346 g/mol. The standard InChI is InChI=1S/C18H19N7O2/c1-12-8-22-15(10-21-12)18(26)25-6-2-3-13(11-25)7-16-23-17(24-27-16)14-9-19-4-5-20-14/h4-5,8-10,13H,2-3,6-7,11H2,1H3. The van der Waals surface area contributed by atoms with Crippen molar-refractivity contribution < 1.29 is 9.32 Å². The summed E-state index contributed by atoms with van der Waals surface area (Å²) >= 11 is 0. The number of piperidine rings is 1. The molecule has 138 valence electrons. The van der Waals surface area contributed by atoms with Gasteiger partial charge in [-0.25, -0.2) is 9.97 Å². The fourth-order valence-electron chi connectivity index (χ4n) is 3.18. The molecule has 1 aliphatic rings. The van der Waals surface area contributed by atoms with Crippen molar-refractivity contribution in [2.75, 3.05) is 13.1 Å². The van der Waals surface area contributed by atoms with E-state index in [9.17, 15) is 4.79 Å². The van der Waals surface area contributed by atoms with Gasteiger partial charge in [0.2, 0.25) is 11.7 Å². The Bertz CT molecular complexity index is 911. The van der Waals surface area contributed by atoms with Crippen molar-refractivity contribution in [1.82, 2.24) is 35.0 Å². The van der Waals surface area contributed by atoms with Crippen LogP contribution in [0.2, 0.25) is 0 Å². The summed E-state index contributed by atoms with van der Waals surface area (Å²) in [6.07, 6.45) is 10.5. The predicted octanol–water partition coefficient (Wildman–Crippen LogP) is 1.72. The number of carbonyl (C=O) groups excluding carboxylic acids is 1. The van der Waals surface area contributed by atoms with Crippen molar-refractivity contribution in [2.45, 2.75) is 26.2 Å². The lowest BCUT2D eigenvalue weighted by molar-refractivity contribution is 0.0661. The number of aromatic nitrogens is 6. The Hall–Kier alpha value is -3.23. The summed E-state index contributed by atoms with van der Waals surface area (Å²) in [5.41, 5.74) is 1.74. The smallest absolute Gasteiger partial charge is 0.274 e. The van der Waals surface area contributed by atoms with Gasteiger partial charge in [0.15, 0.2) is 0 Å². The van der Waals surface area contributed by atoms with Crippen LogP contribution in [0.25, 0.3) is 11.5 Å². The predicted molar refractivity (Wildman–Crippen MR) is 94.4 cm³/mol. The number of hydrogen-bond donors (Lipinski definition) is 0. The van der Waals surface area contributed by atoms with Crippen LogP contribution in [0.4, 0.5) is 0 Å². The summed E-state index contributed by atoms with van der Waals surface area (Å²) in [4.78, 5) is 35.4. The van der Waals surface area contributed by atoms with Gasteiger partial charge in [-0.3, -0.25) is 14.8 Å². The Kier molecular flexibility index (Phi) is 4.82. The normalized spacial score (nSPS) is 17.1. The number of amides is 1. The Morgan fingerprint density at radius 1 is 1.22 bits per heavy atom. The van der Waals surface area contributed by atoms with Gasteiger partial charge < -0.3 is 9.42 Å². The second-order valence-electron chi connectivity index (χ2n) is 6.61. The largest absolute Gasteiger partial charge is 0.339 e. The number of likely N-dealkylation sites (tertiary alicyclic amines) is 1. The van der Waals surface area contributed by atoms with Crippen molar-refractivity contribution in [1.29, 1.82) is 0 Å². The molecule has 1 aliphatic heterocycles. The maximum absolute atomic E-state index is 12.7. The van der Waals surface area contributed by atoms with Gasteiger partial charge in [0.25, 0.3) is 5.91 Å². The zero-order valence-electron chi connectivity index (χ0n) is 14.9. The first-order valence-corrected chi connectivity index (χ1v) is 8.86. The molecule has 3 aromatic rings. The number of rotatable bonds is 4. The van der Waals surface area contributed by atoms with Crippen LogP contribution in [-0.2, 0) is 6.42 Å². The Morgan fingerprint density at radius 3 is 2.93 bits per heavy atom. The van der Waals surface area contributed by atoms with E-state index in [2.05, 4.69) is 30.1 Å². The molecular formula is C18H19N7O2. The summed E-state index contributed by atoms with van der Waals surface area (Å²) in [7, 11) is 0. The van der Waals surface area contributed by atoms with E-state index in [4.69, 9.17) is 4.52 Å². The van der Waals surface area contributed by atoms with Crippen LogP contribution in [0.3, 0.4) is 0 Å². The van der Waals surface area contributed by atoms with Crippen LogP contribution in [0.5, 0.6) is 0 Å². The van der Waals surface area contributed by atoms with Gasteiger partial charge in [-0.1, -0.05) is 5.16 Å². The Balaban J connectivity index is 1.41. The van der Waals surface area contributed by atoms with Crippen molar-refractivity contribution >= 4 is 5.91 Å². The first kappa shape index (κ1) is 17.2.